The van der Waals surface area contributed by atoms with Gasteiger partial charge in [-0.3, -0.25) is 0 Å². The SMILES string of the molecule is C=c1ccc(N2CCNCC2)cc1=C. The first kappa shape index (κ1) is 9.28. The number of nitrogens with zero attached hydrogens (tertiary/aromatic N) is 1. The van der Waals surface area contributed by atoms with Crippen molar-refractivity contribution in [1.82, 2.24) is 5.32 Å². The fourth-order valence-electron chi connectivity index (χ4n) is 1.73. The number of piperazine rings is 1. The lowest BCUT2D eigenvalue weighted by Crippen LogP contribution is -2.44. The lowest BCUT2D eigenvalue weighted by atomic mass is 10.2. The number of anilines is 1. The van der Waals surface area contributed by atoms with Gasteiger partial charge in [-0.15, -0.1) is 0 Å². The van der Waals surface area contributed by atoms with E-state index in [1.807, 2.05) is 6.07 Å². The number of rotatable bonds is 1. The second kappa shape index (κ2) is 3.84. The summed E-state index contributed by atoms with van der Waals surface area (Å²) in [5.74, 6) is 0. The summed E-state index contributed by atoms with van der Waals surface area (Å²) in [6, 6.07) is 6.29. The topological polar surface area (TPSA) is 15.3 Å². The van der Waals surface area contributed by atoms with E-state index in [1.165, 1.54) is 5.69 Å². The van der Waals surface area contributed by atoms with Crippen LogP contribution in [-0.2, 0) is 0 Å². The van der Waals surface area contributed by atoms with Crippen molar-refractivity contribution in [2.24, 2.45) is 0 Å². The van der Waals surface area contributed by atoms with E-state index >= 15 is 0 Å². The van der Waals surface area contributed by atoms with Crippen LogP contribution in [0.2, 0.25) is 0 Å². The van der Waals surface area contributed by atoms with E-state index in [1.54, 1.807) is 0 Å². The Morgan fingerprint density at radius 2 is 1.79 bits per heavy atom. The predicted molar refractivity (Wildman–Crippen MR) is 61.8 cm³/mol. The second-order valence-corrected chi connectivity index (χ2v) is 3.69. The average molecular weight is 188 g/mol. The molecule has 1 aromatic rings. The van der Waals surface area contributed by atoms with Crippen LogP contribution in [0.5, 0.6) is 0 Å². The minimum Gasteiger partial charge on any atom is -0.369 e. The van der Waals surface area contributed by atoms with Crippen molar-refractivity contribution in [1.29, 1.82) is 0 Å². The summed E-state index contributed by atoms with van der Waals surface area (Å²) < 4.78 is 0. The van der Waals surface area contributed by atoms with Crippen molar-refractivity contribution >= 4 is 18.8 Å². The molecule has 1 N–H and O–H groups in total. The zero-order valence-electron chi connectivity index (χ0n) is 8.42. The first-order valence-corrected chi connectivity index (χ1v) is 5.01. The maximum atomic E-state index is 3.97. The van der Waals surface area contributed by atoms with Crippen LogP contribution in [0.3, 0.4) is 0 Å². The average Bonchev–Trinajstić information content (AvgIpc) is 2.23. The maximum absolute atomic E-state index is 3.97. The highest BCUT2D eigenvalue weighted by Crippen LogP contribution is 2.09. The summed E-state index contributed by atoms with van der Waals surface area (Å²) in [5.41, 5.74) is 1.27. The summed E-state index contributed by atoms with van der Waals surface area (Å²) >= 11 is 0. The van der Waals surface area contributed by atoms with Crippen LogP contribution in [-0.4, -0.2) is 26.2 Å². The molecule has 14 heavy (non-hydrogen) atoms. The van der Waals surface area contributed by atoms with Gasteiger partial charge in [0, 0.05) is 31.9 Å². The Hall–Kier alpha value is -1.28. The number of benzene rings is 1. The van der Waals surface area contributed by atoms with E-state index in [2.05, 4.69) is 35.5 Å². The maximum Gasteiger partial charge on any atom is 0.0373 e. The van der Waals surface area contributed by atoms with Crippen molar-refractivity contribution in [3.8, 4) is 0 Å². The Bertz CT molecular complexity index is 405. The number of hydrogen-bond donors (Lipinski definition) is 1. The molecule has 0 unspecified atom stereocenters. The normalized spacial score (nSPS) is 17.0. The van der Waals surface area contributed by atoms with E-state index < -0.39 is 0 Å². The Labute approximate surface area is 84.5 Å². The van der Waals surface area contributed by atoms with Gasteiger partial charge < -0.3 is 10.2 Å². The molecular formula is C12H16N2. The first-order valence-electron chi connectivity index (χ1n) is 5.01. The minimum atomic E-state index is 1.02. The molecule has 1 aromatic carbocycles. The van der Waals surface area contributed by atoms with E-state index in [9.17, 15) is 0 Å². The molecule has 0 aliphatic carbocycles. The van der Waals surface area contributed by atoms with Gasteiger partial charge >= 0.3 is 0 Å². The number of nitrogens with one attached hydrogen (secondary N) is 1. The Morgan fingerprint density at radius 1 is 1.07 bits per heavy atom. The van der Waals surface area contributed by atoms with Gasteiger partial charge in [0.1, 0.15) is 0 Å². The molecule has 74 valence electrons. The third-order valence-corrected chi connectivity index (χ3v) is 2.67. The summed E-state index contributed by atoms with van der Waals surface area (Å²) in [7, 11) is 0. The molecule has 2 nitrogen and oxygen atoms in total. The molecule has 0 saturated carbocycles. The van der Waals surface area contributed by atoms with Crippen LogP contribution in [0.25, 0.3) is 13.2 Å². The third-order valence-electron chi connectivity index (χ3n) is 2.67. The molecule has 2 rings (SSSR count). The highest BCUT2D eigenvalue weighted by Gasteiger charge is 2.09. The minimum absolute atomic E-state index is 1.02. The molecule has 0 atom stereocenters. The van der Waals surface area contributed by atoms with Crippen molar-refractivity contribution in [3.63, 3.8) is 0 Å². The fourth-order valence-corrected chi connectivity index (χ4v) is 1.73. The summed E-state index contributed by atoms with van der Waals surface area (Å²) in [5, 5.41) is 5.39. The van der Waals surface area contributed by atoms with Crippen LogP contribution in [0.4, 0.5) is 5.69 Å². The first-order chi connectivity index (χ1) is 6.77. The molecule has 1 fully saturated rings. The standard InChI is InChI=1S/C12H16N2/c1-10-3-4-12(9-11(10)2)14-7-5-13-6-8-14/h3-4,9,13H,1-2,5-8H2. The zero-order chi connectivity index (χ0) is 9.97. The Morgan fingerprint density at radius 3 is 2.43 bits per heavy atom. The van der Waals surface area contributed by atoms with E-state index in [4.69, 9.17) is 0 Å². The predicted octanol–water partition coefficient (Wildman–Crippen LogP) is -0.0832. The molecule has 0 spiro atoms. The Balaban J connectivity index is 2.27. The summed E-state index contributed by atoms with van der Waals surface area (Å²) in [4.78, 5) is 2.38. The van der Waals surface area contributed by atoms with Crippen LogP contribution in [0.1, 0.15) is 0 Å². The molecule has 2 heteroatoms. The van der Waals surface area contributed by atoms with E-state index in [0.29, 0.717) is 0 Å². The largest absolute Gasteiger partial charge is 0.369 e. The van der Waals surface area contributed by atoms with E-state index in [0.717, 1.165) is 36.6 Å². The highest BCUT2D eigenvalue weighted by atomic mass is 15.2. The quantitative estimate of drug-likeness (QED) is 0.663. The molecular weight excluding hydrogens is 172 g/mol. The van der Waals surface area contributed by atoms with Crippen molar-refractivity contribution in [3.05, 3.63) is 28.6 Å². The smallest absolute Gasteiger partial charge is 0.0373 e. The highest BCUT2D eigenvalue weighted by molar-refractivity contribution is 5.47. The molecule has 0 bridgehead atoms. The van der Waals surface area contributed by atoms with Gasteiger partial charge in [-0.05, 0) is 22.6 Å². The molecule has 0 radical (unpaired) electrons. The van der Waals surface area contributed by atoms with Crippen molar-refractivity contribution < 1.29 is 0 Å². The van der Waals surface area contributed by atoms with Gasteiger partial charge in [0.2, 0.25) is 0 Å². The molecule has 1 aliphatic rings. The van der Waals surface area contributed by atoms with Crippen LogP contribution >= 0.6 is 0 Å². The molecule has 1 heterocycles. The third kappa shape index (κ3) is 1.80. The molecule has 0 amide bonds. The van der Waals surface area contributed by atoms with Gasteiger partial charge in [0.05, 0.1) is 0 Å². The zero-order valence-corrected chi connectivity index (χ0v) is 8.42. The van der Waals surface area contributed by atoms with Crippen LogP contribution in [0, 0.1) is 0 Å². The monoisotopic (exact) mass is 188 g/mol. The molecule has 1 aliphatic heterocycles. The lowest BCUT2D eigenvalue weighted by molar-refractivity contribution is 0.589. The van der Waals surface area contributed by atoms with Crippen LogP contribution in [0.15, 0.2) is 18.2 Å². The number of hydrogen-bond acceptors (Lipinski definition) is 2. The van der Waals surface area contributed by atoms with Gasteiger partial charge in [0.25, 0.3) is 0 Å². The lowest BCUT2D eigenvalue weighted by Gasteiger charge is -2.29. The van der Waals surface area contributed by atoms with Gasteiger partial charge in [0.15, 0.2) is 0 Å². The van der Waals surface area contributed by atoms with E-state index in [-0.39, 0.29) is 0 Å². The van der Waals surface area contributed by atoms with Crippen molar-refractivity contribution in [2.75, 3.05) is 31.1 Å². The second-order valence-electron chi connectivity index (χ2n) is 3.69. The molecule has 0 aromatic heterocycles. The van der Waals surface area contributed by atoms with Crippen molar-refractivity contribution in [2.45, 2.75) is 0 Å². The fraction of sp³-hybridized carbons (Fsp3) is 0.333. The van der Waals surface area contributed by atoms with Gasteiger partial charge in [-0.1, -0.05) is 19.2 Å². The summed E-state index contributed by atoms with van der Waals surface area (Å²) in [6.45, 7) is 12.2. The van der Waals surface area contributed by atoms with Gasteiger partial charge in [-0.2, -0.15) is 0 Å². The Kier molecular flexibility index (Phi) is 2.55. The van der Waals surface area contributed by atoms with Gasteiger partial charge in [-0.25, -0.2) is 0 Å². The van der Waals surface area contributed by atoms with Crippen LogP contribution < -0.4 is 20.7 Å². The molecule has 1 saturated heterocycles. The summed E-state index contributed by atoms with van der Waals surface area (Å²) in [6.07, 6.45) is 0.